The molecular weight excluding hydrogens is 422 g/mol. The van der Waals surface area contributed by atoms with Crippen LogP contribution >= 0.6 is 0 Å². The Morgan fingerprint density at radius 2 is 1.30 bits per heavy atom. The second-order valence-electron chi connectivity index (χ2n) is 7.25. The SMILES string of the molecule is O=C(CCn1c(=O)[nH]c(=O)c2ccccc21)Nc1ccc(NC(=O)Nc2ccccc2)cc1. The van der Waals surface area contributed by atoms with E-state index in [2.05, 4.69) is 20.9 Å². The van der Waals surface area contributed by atoms with Crippen LogP contribution < -0.4 is 27.2 Å². The van der Waals surface area contributed by atoms with Crippen LogP contribution in [0.15, 0.2) is 88.5 Å². The van der Waals surface area contributed by atoms with Gasteiger partial charge in [-0.05, 0) is 48.5 Å². The van der Waals surface area contributed by atoms with E-state index in [0.29, 0.717) is 28.0 Å². The summed E-state index contributed by atoms with van der Waals surface area (Å²) in [6.45, 7) is 0.112. The Hall–Kier alpha value is -4.66. The van der Waals surface area contributed by atoms with Crippen LogP contribution in [0.25, 0.3) is 10.9 Å². The van der Waals surface area contributed by atoms with Gasteiger partial charge >= 0.3 is 11.7 Å². The molecule has 0 saturated carbocycles. The molecule has 4 aromatic rings. The topological polar surface area (TPSA) is 125 Å². The van der Waals surface area contributed by atoms with Crippen LogP contribution in [0.2, 0.25) is 0 Å². The van der Waals surface area contributed by atoms with E-state index in [-0.39, 0.29) is 24.9 Å². The number of aryl methyl sites for hydroxylation is 1. The summed E-state index contributed by atoms with van der Waals surface area (Å²) in [5.74, 6) is -0.292. The number of nitrogens with zero attached hydrogens (tertiary/aromatic N) is 1. The first-order valence-electron chi connectivity index (χ1n) is 10.2. The fourth-order valence-corrected chi connectivity index (χ4v) is 3.35. The Morgan fingerprint density at radius 3 is 2.00 bits per heavy atom. The Kier molecular flexibility index (Phi) is 6.31. The molecule has 1 aromatic heterocycles. The predicted molar refractivity (Wildman–Crippen MR) is 128 cm³/mol. The maximum Gasteiger partial charge on any atom is 0.328 e. The van der Waals surface area contributed by atoms with Crippen molar-refractivity contribution in [2.24, 2.45) is 0 Å². The van der Waals surface area contributed by atoms with Gasteiger partial charge in [0, 0.05) is 30.0 Å². The molecule has 0 radical (unpaired) electrons. The van der Waals surface area contributed by atoms with Gasteiger partial charge in [-0.2, -0.15) is 0 Å². The lowest BCUT2D eigenvalue weighted by atomic mass is 10.2. The lowest BCUT2D eigenvalue weighted by Gasteiger charge is -2.11. The number of amides is 3. The number of nitrogens with one attached hydrogen (secondary N) is 4. The van der Waals surface area contributed by atoms with Crippen LogP contribution in [0.3, 0.4) is 0 Å². The Bertz CT molecular complexity index is 1410. The van der Waals surface area contributed by atoms with Crippen LogP contribution in [-0.2, 0) is 11.3 Å². The number of H-pyrrole nitrogens is 1. The van der Waals surface area contributed by atoms with Crippen LogP contribution in [0.1, 0.15) is 6.42 Å². The number of benzene rings is 3. The molecule has 0 aliphatic heterocycles. The van der Waals surface area contributed by atoms with E-state index >= 15 is 0 Å². The highest BCUT2D eigenvalue weighted by molar-refractivity contribution is 6.00. The molecule has 0 saturated heterocycles. The van der Waals surface area contributed by atoms with Crippen molar-refractivity contribution >= 4 is 39.9 Å². The van der Waals surface area contributed by atoms with E-state index in [1.165, 1.54) is 4.57 Å². The maximum atomic E-state index is 12.4. The number of aromatic nitrogens is 2. The van der Waals surface area contributed by atoms with Crippen molar-refractivity contribution in [1.29, 1.82) is 0 Å². The number of hydrogen-bond donors (Lipinski definition) is 4. The number of aromatic amines is 1. The summed E-state index contributed by atoms with van der Waals surface area (Å²) in [4.78, 5) is 50.9. The zero-order valence-corrected chi connectivity index (χ0v) is 17.5. The third-order valence-corrected chi connectivity index (χ3v) is 4.93. The monoisotopic (exact) mass is 443 g/mol. The molecule has 0 atom stereocenters. The number of para-hydroxylation sites is 2. The average molecular weight is 443 g/mol. The predicted octanol–water partition coefficient (Wildman–Crippen LogP) is 3.36. The number of hydrogen-bond acceptors (Lipinski definition) is 4. The smallest absolute Gasteiger partial charge is 0.326 e. The van der Waals surface area contributed by atoms with Gasteiger partial charge < -0.3 is 16.0 Å². The number of carbonyl (C=O) groups excluding carboxylic acids is 2. The normalized spacial score (nSPS) is 10.5. The zero-order valence-electron chi connectivity index (χ0n) is 17.5. The van der Waals surface area contributed by atoms with Gasteiger partial charge in [0.05, 0.1) is 10.9 Å². The van der Waals surface area contributed by atoms with Crippen LogP contribution in [-0.4, -0.2) is 21.5 Å². The highest BCUT2D eigenvalue weighted by Gasteiger charge is 2.10. The highest BCUT2D eigenvalue weighted by Crippen LogP contribution is 2.15. The number of fused-ring (bicyclic) bond motifs is 1. The minimum absolute atomic E-state index is 0.0371. The molecule has 9 nitrogen and oxygen atoms in total. The van der Waals surface area contributed by atoms with E-state index in [9.17, 15) is 19.2 Å². The third kappa shape index (κ3) is 5.34. The van der Waals surface area contributed by atoms with Crippen molar-refractivity contribution < 1.29 is 9.59 Å². The first-order chi connectivity index (χ1) is 16.0. The van der Waals surface area contributed by atoms with Crippen LogP contribution in [0.4, 0.5) is 21.9 Å². The molecule has 33 heavy (non-hydrogen) atoms. The van der Waals surface area contributed by atoms with Gasteiger partial charge in [-0.15, -0.1) is 0 Å². The van der Waals surface area contributed by atoms with E-state index < -0.39 is 11.2 Å². The molecule has 0 aliphatic rings. The molecular formula is C24H21N5O4. The Balaban J connectivity index is 1.34. The Labute approximate surface area is 188 Å². The highest BCUT2D eigenvalue weighted by atomic mass is 16.2. The Morgan fingerprint density at radius 1 is 0.727 bits per heavy atom. The van der Waals surface area contributed by atoms with Gasteiger partial charge in [-0.25, -0.2) is 9.59 Å². The van der Waals surface area contributed by atoms with Crippen molar-refractivity contribution in [1.82, 2.24) is 9.55 Å². The van der Waals surface area contributed by atoms with Gasteiger partial charge in [0.25, 0.3) is 5.56 Å². The molecule has 0 spiro atoms. The van der Waals surface area contributed by atoms with Gasteiger partial charge in [-0.3, -0.25) is 19.1 Å². The number of carbonyl (C=O) groups is 2. The van der Waals surface area contributed by atoms with Gasteiger partial charge in [0.15, 0.2) is 0 Å². The molecule has 0 fully saturated rings. The molecule has 4 N–H and O–H groups in total. The largest absolute Gasteiger partial charge is 0.328 e. The first kappa shape index (κ1) is 21.6. The van der Waals surface area contributed by atoms with E-state index in [0.717, 1.165) is 0 Å². The van der Waals surface area contributed by atoms with Gasteiger partial charge in [0.1, 0.15) is 0 Å². The lowest BCUT2D eigenvalue weighted by Crippen LogP contribution is -2.31. The molecule has 3 aromatic carbocycles. The minimum Gasteiger partial charge on any atom is -0.326 e. The summed E-state index contributed by atoms with van der Waals surface area (Å²) in [6, 6.07) is 22.1. The molecule has 0 aliphatic carbocycles. The van der Waals surface area contributed by atoms with Crippen molar-refractivity contribution in [3.05, 3.63) is 99.7 Å². The summed E-state index contributed by atoms with van der Waals surface area (Å²) in [6.07, 6.45) is 0.0371. The second-order valence-corrected chi connectivity index (χ2v) is 7.25. The second kappa shape index (κ2) is 9.65. The fraction of sp³-hybridized carbons (Fsp3) is 0.0833. The van der Waals surface area contributed by atoms with Crippen molar-refractivity contribution in [2.45, 2.75) is 13.0 Å². The van der Waals surface area contributed by atoms with E-state index in [1.54, 1.807) is 60.7 Å². The van der Waals surface area contributed by atoms with E-state index in [1.807, 2.05) is 18.2 Å². The first-order valence-corrected chi connectivity index (χ1v) is 10.2. The molecule has 166 valence electrons. The minimum atomic E-state index is -0.560. The number of anilines is 3. The van der Waals surface area contributed by atoms with E-state index in [4.69, 9.17) is 0 Å². The summed E-state index contributed by atoms with van der Waals surface area (Å²) in [5, 5.41) is 8.58. The van der Waals surface area contributed by atoms with Gasteiger partial charge in [-0.1, -0.05) is 30.3 Å². The van der Waals surface area contributed by atoms with Gasteiger partial charge in [0.2, 0.25) is 5.91 Å². The maximum absolute atomic E-state index is 12.4. The van der Waals surface area contributed by atoms with Crippen molar-refractivity contribution in [3.63, 3.8) is 0 Å². The summed E-state index contributed by atoms with van der Waals surface area (Å²) in [5.41, 5.74) is 1.25. The fourth-order valence-electron chi connectivity index (χ4n) is 3.35. The number of urea groups is 1. The zero-order chi connectivity index (χ0) is 23.2. The standard InChI is InChI=1S/C24H21N5O4/c30-21(14-15-29-20-9-5-4-8-19(20)22(31)28-24(29)33)25-17-10-12-18(13-11-17)27-23(32)26-16-6-2-1-3-7-16/h1-13H,14-15H2,(H,25,30)(H2,26,27,32)(H,28,31,33). The molecule has 3 amide bonds. The summed E-state index contributed by atoms with van der Waals surface area (Å²) < 4.78 is 1.37. The molecule has 9 heteroatoms. The molecule has 0 unspecified atom stereocenters. The van der Waals surface area contributed by atoms with Crippen molar-refractivity contribution in [3.8, 4) is 0 Å². The quantitative estimate of drug-likeness (QED) is 0.365. The summed E-state index contributed by atoms with van der Waals surface area (Å²) in [7, 11) is 0. The average Bonchev–Trinajstić information content (AvgIpc) is 2.81. The molecule has 1 heterocycles. The molecule has 4 rings (SSSR count). The van der Waals surface area contributed by atoms with Crippen LogP contribution in [0.5, 0.6) is 0 Å². The van der Waals surface area contributed by atoms with Crippen molar-refractivity contribution in [2.75, 3.05) is 16.0 Å². The lowest BCUT2D eigenvalue weighted by molar-refractivity contribution is -0.116. The number of rotatable bonds is 6. The summed E-state index contributed by atoms with van der Waals surface area (Å²) >= 11 is 0. The third-order valence-electron chi connectivity index (χ3n) is 4.93. The van der Waals surface area contributed by atoms with Crippen LogP contribution in [0, 0.1) is 0 Å². The molecule has 0 bridgehead atoms.